The molecule has 0 aliphatic carbocycles. The maximum Gasteiger partial charge on any atom is 0.220 e. The van der Waals surface area contributed by atoms with E-state index in [0.717, 1.165) is 6.42 Å². The number of carbonyl (C=O) groups is 1. The van der Waals surface area contributed by atoms with Gasteiger partial charge in [0.2, 0.25) is 5.91 Å². The fraction of sp³-hybridized carbons (Fsp3) is 0.812. The highest BCUT2D eigenvalue weighted by Crippen LogP contribution is 2.20. The second-order valence-corrected chi connectivity index (χ2v) is 5.62. The van der Waals surface area contributed by atoms with Crippen molar-refractivity contribution in [1.29, 1.82) is 0 Å². The molecule has 0 aromatic heterocycles. The molecule has 0 radical (unpaired) electrons. The lowest BCUT2D eigenvalue weighted by Gasteiger charge is -2.33. The molecule has 4 N–H and O–H groups in total. The zero-order valence-corrected chi connectivity index (χ0v) is 13.9. The fourth-order valence-corrected chi connectivity index (χ4v) is 2.29. The lowest BCUT2D eigenvalue weighted by atomic mass is 10.1. The predicted octanol–water partition coefficient (Wildman–Crippen LogP) is 0.0832. The SMILES string of the molecule is CCC=CC(O)C(CO[C@@H]1CC[C@@H](O)C(CO)O1)NC(=O)CC. The summed E-state index contributed by atoms with van der Waals surface area (Å²) in [6.07, 6.45) is 2.74. The molecular formula is C16H29NO6. The van der Waals surface area contributed by atoms with Crippen LogP contribution in [0.3, 0.4) is 0 Å². The second-order valence-electron chi connectivity index (χ2n) is 5.62. The lowest BCUT2D eigenvalue weighted by molar-refractivity contribution is -0.232. The molecule has 1 aliphatic heterocycles. The van der Waals surface area contributed by atoms with E-state index in [2.05, 4.69) is 5.32 Å². The first-order valence-electron chi connectivity index (χ1n) is 8.21. The van der Waals surface area contributed by atoms with Crippen molar-refractivity contribution in [2.45, 2.75) is 70.2 Å². The molecule has 1 aliphatic rings. The van der Waals surface area contributed by atoms with Crippen molar-refractivity contribution in [3.05, 3.63) is 12.2 Å². The minimum absolute atomic E-state index is 0.0832. The molecule has 0 aromatic carbocycles. The van der Waals surface area contributed by atoms with Crippen LogP contribution in [0.5, 0.6) is 0 Å². The van der Waals surface area contributed by atoms with Crippen molar-refractivity contribution in [3.63, 3.8) is 0 Å². The summed E-state index contributed by atoms with van der Waals surface area (Å²) in [5.74, 6) is -0.171. The van der Waals surface area contributed by atoms with Gasteiger partial charge in [0.05, 0.1) is 31.5 Å². The van der Waals surface area contributed by atoms with E-state index in [0.29, 0.717) is 19.3 Å². The van der Waals surface area contributed by atoms with Gasteiger partial charge in [0.1, 0.15) is 6.10 Å². The minimum Gasteiger partial charge on any atom is -0.394 e. The Balaban J connectivity index is 2.55. The van der Waals surface area contributed by atoms with Crippen LogP contribution in [0, 0.1) is 0 Å². The van der Waals surface area contributed by atoms with Crippen LogP contribution in [0.1, 0.15) is 39.5 Å². The van der Waals surface area contributed by atoms with Crippen LogP contribution >= 0.6 is 0 Å². The van der Waals surface area contributed by atoms with Crippen LogP contribution in [0.4, 0.5) is 0 Å². The van der Waals surface area contributed by atoms with Gasteiger partial charge in [-0.25, -0.2) is 0 Å². The van der Waals surface area contributed by atoms with Crippen molar-refractivity contribution in [1.82, 2.24) is 5.32 Å². The number of hydrogen-bond acceptors (Lipinski definition) is 6. The van der Waals surface area contributed by atoms with Gasteiger partial charge in [-0.3, -0.25) is 4.79 Å². The third-order valence-corrected chi connectivity index (χ3v) is 3.74. The number of hydrogen-bond donors (Lipinski definition) is 4. The first kappa shape index (κ1) is 20.1. The Morgan fingerprint density at radius 3 is 2.78 bits per heavy atom. The van der Waals surface area contributed by atoms with Gasteiger partial charge in [-0.2, -0.15) is 0 Å². The molecule has 7 nitrogen and oxygen atoms in total. The average Bonchev–Trinajstić information content (AvgIpc) is 2.57. The number of amides is 1. The van der Waals surface area contributed by atoms with E-state index in [1.54, 1.807) is 13.0 Å². The molecule has 0 spiro atoms. The summed E-state index contributed by atoms with van der Waals surface area (Å²) in [5, 5.41) is 31.7. The van der Waals surface area contributed by atoms with Gasteiger partial charge in [0.15, 0.2) is 6.29 Å². The van der Waals surface area contributed by atoms with E-state index in [4.69, 9.17) is 14.6 Å². The predicted molar refractivity (Wildman–Crippen MR) is 84.6 cm³/mol. The number of carbonyl (C=O) groups excluding carboxylic acids is 1. The molecular weight excluding hydrogens is 302 g/mol. The highest BCUT2D eigenvalue weighted by molar-refractivity contribution is 5.75. The summed E-state index contributed by atoms with van der Waals surface area (Å²) >= 11 is 0. The molecule has 1 fully saturated rings. The van der Waals surface area contributed by atoms with Crippen LogP contribution in [0.25, 0.3) is 0 Å². The molecule has 1 amide bonds. The summed E-state index contributed by atoms with van der Waals surface area (Å²) < 4.78 is 11.1. The Morgan fingerprint density at radius 2 is 2.17 bits per heavy atom. The molecule has 7 heteroatoms. The van der Waals surface area contributed by atoms with Gasteiger partial charge in [0.25, 0.3) is 0 Å². The van der Waals surface area contributed by atoms with E-state index in [-0.39, 0.29) is 19.1 Å². The molecule has 1 saturated heterocycles. The van der Waals surface area contributed by atoms with Crippen molar-refractivity contribution in [2.75, 3.05) is 13.2 Å². The van der Waals surface area contributed by atoms with Crippen molar-refractivity contribution >= 4 is 5.91 Å². The largest absolute Gasteiger partial charge is 0.394 e. The number of aliphatic hydroxyl groups is 3. The molecule has 134 valence electrons. The van der Waals surface area contributed by atoms with E-state index in [1.807, 2.05) is 13.0 Å². The first-order valence-corrected chi connectivity index (χ1v) is 8.21. The molecule has 23 heavy (non-hydrogen) atoms. The summed E-state index contributed by atoms with van der Waals surface area (Å²) in [7, 11) is 0. The average molecular weight is 331 g/mol. The van der Waals surface area contributed by atoms with Crippen LogP contribution in [0.2, 0.25) is 0 Å². The van der Waals surface area contributed by atoms with Crippen LogP contribution < -0.4 is 5.32 Å². The van der Waals surface area contributed by atoms with Crippen LogP contribution in [-0.4, -0.2) is 65.1 Å². The standard InChI is InChI=1S/C16H29NO6/c1-3-5-6-12(19)11(17-15(21)4-2)10-22-16-8-7-13(20)14(9-18)23-16/h5-6,11-14,16,18-20H,3-4,7-10H2,1-2H3,(H,17,21)/t11?,12?,13-,14?,16+/m1/s1. The van der Waals surface area contributed by atoms with Gasteiger partial charge in [-0.1, -0.05) is 26.0 Å². The number of nitrogens with one attached hydrogen (secondary N) is 1. The lowest BCUT2D eigenvalue weighted by Crippen LogP contribution is -2.48. The van der Waals surface area contributed by atoms with Crippen molar-refractivity contribution in [3.8, 4) is 0 Å². The smallest absolute Gasteiger partial charge is 0.220 e. The quantitative estimate of drug-likeness (QED) is 0.446. The molecule has 0 aromatic rings. The fourth-order valence-electron chi connectivity index (χ4n) is 2.29. The molecule has 5 atom stereocenters. The number of aliphatic hydroxyl groups excluding tert-OH is 3. The maximum atomic E-state index is 11.6. The van der Waals surface area contributed by atoms with Gasteiger partial charge >= 0.3 is 0 Å². The third kappa shape index (κ3) is 6.97. The molecule has 0 saturated carbocycles. The van der Waals surface area contributed by atoms with E-state index < -0.39 is 30.6 Å². The zero-order chi connectivity index (χ0) is 17.2. The van der Waals surface area contributed by atoms with E-state index in [9.17, 15) is 15.0 Å². The summed E-state index contributed by atoms with van der Waals surface area (Å²) in [6, 6.07) is -0.576. The summed E-state index contributed by atoms with van der Waals surface area (Å²) in [6.45, 7) is 3.49. The Hall–Kier alpha value is -0.990. The maximum absolute atomic E-state index is 11.6. The van der Waals surface area contributed by atoms with Crippen molar-refractivity contribution < 1.29 is 29.6 Å². The number of allylic oxidation sites excluding steroid dienone is 1. The molecule has 1 rings (SSSR count). The Kier molecular flexibility index (Phi) is 9.35. The molecule has 3 unspecified atom stereocenters. The first-order chi connectivity index (χ1) is 11.0. The molecule has 1 heterocycles. The zero-order valence-electron chi connectivity index (χ0n) is 13.9. The number of rotatable bonds is 9. The van der Waals surface area contributed by atoms with Crippen molar-refractivity contribution in [2.24, 2.45) is 0 Å². The van der Waals surface area contributed by atoms with Crippen LogP contribution in [0.15, 0.2) is 12.2 Å². The van der Waals surface area contributed by atoms with Gasteiger partial charge in [-0.05, 0) is 12.8 Å². The topological polar surface area (TPSA) is 108 Å². The van der Waals surface area contributed by atoms with Gasteiger partial charge in [-0.15, -0.1) is 0 Å². The van der Waals surface area contributed by atoms with E-state index in [1.165, 1.54) is 0 Å². The van der Waals surface area contributed by atoms with Gasteiger partial charge < -0.3 is 30.1 Å². The Bertz CT molecular complexity index is 376. The number of ether oxygens (including phenoxy) is 2. The monoisotopic (exact) mass is 331 g/mol. The minimum atomic E-state index is -0.853. The van der Waals surface area contributed by atoms with Gasteiger partial charge in [0, 0.05) is 12.8 Å². The van der Waals surface area contributed by atoms with Crippen LogP contribution in [-0.2, 0) is 14.3 Å². The summed E-state index contributed by atoms with van der Waals surface area (Å²) in [4.78, 5) is 11.6. The Morgan fingerprint density at radius 1 is 1.43 bits per heavy atom. The van der Waals surface area contributed by atoms with E-state index >= 15 is 0 Å². The normalized spacial score (nSPS) is 27.8. The Labute approximate surface area is 137 Å². The highest BCUT2D eigenvalue weighted by atomic mass is 16.7. The highest BCUT2D eigenvalue weighted by Gasteiger charge is 2.31. The second kappa shape index (κ2) is 10.7. The summed E-state index contributed by atoms with van der Waals surface area (Å²) in [5.41, 5.74) is 0. The molecule has 0 bridgehead atoms. The third-order valence-electron chi connectivity index (χ3n) is 3.74.